The van der Waals surface area contributed by atoms with E-state index in [1.165, 1.54) is 27.8 Å². The molecule has 0 aliphatic rings. The summed E-state index contributed by atoms with van der Waals surface area (Å²) in [5, 5.41) is 0. The van der Waals surface area contributed by atoms with Gasteiger partial charge in [0.05, 0.1) is 0 Å². The van der Waals surface area contributed by atoms with Gasteiger partial charge in [-0.1, -0.05) is 96.6 Å². The second kappa shape index (κ2) is 6.66. The van der Waals surface area contributed by atoms with Crippen LogP contribution in [0.1, 0.15) is 39.3 Å². The largest absolute Gasteiger partial charge is 0.0985 e. The summed E-state index contributed by atoms with van der Waals surface area (Å²) < 4.78 is 0. The normalized spacial score (nSPS) is 10.7. The van der Waals surface area contributed by atoms with Crippen LogP contribution in [-0.4, -0.2) is 0 Å². The van der Waals surface area contributed by atoms with Crippen LogP contribution in [0, 0.1) is 13.8 Å². The van der Waals surface area contributed by atoms with E-state index in [-0.39, 0.29) is 5.92 Å². The van der Waals surface area contributed by atoms with Crippen molar-refractivity contribution in [2.45, 2.75) is 19.8 Å². The monoisotopic (exact) mass is 298 g/mol. The van der Waals surface area contributed by atoms with Crippen LogP contribution in [-0.2, 0) is 0 Å². The van der Waals surface area contributed by atoms with Crippen molar-refractivity contribution in [2.24, 2.45) is 0 Å². The summed E-state index contributed by atoms with van der Waals surface area (Å²) in [5.74, 6) is 0.246. The molecular formula is C23H22. The molecular weight excluding hydrogens is 276 g/mol. The van der Waals surface area contributed by atoms with E-state index < -0.39 is 0 Å². The predicted molar refractivity (Wildman–Crippen MR) is 99.8 cm³/mol. The molecule has 0 N–H and O–H groups in total. The van der Waals surface area contributed by atoms with Crippen LogP contribution >= 0.6 is 0 Å². The number of rotatable bonds is 4. The van der Waals surface area contributed by atoms with Gasteiger partial charge >= 0.3 is 0 Å². The van der Waals surface area contributed by atoms with Gasteiger partial charge in [0.2, 0.25) is 0 Å². The van der Waals surface area contributed by atoms with E-state index >= 15 is 0 Å². The number of hydrogen-bond acceptors (Lipinski definition) is 0. The average Bonchev–Trinajstić information content (AvgIpc) is 2.59. The number of aryl methyl sites for hydroxylation is 2. The molecule has 3 aromatic rings. The van der Waals surface area contributed by atoms with Crippen molar-refractivity contribution in [3.05, 3.63) is 113 Å². The zero-order chi connectivity index (χ0) is 16.2. The molecule has 0 saturated heterocycles. The van der Waals surface area contributed by atoms with E-state index in [0.29, 0.717) is 0 Å². The molecule has 0 unspecified atom stereocenters. The fourth-order valence-corrected chi connectivity index (χ4v) is 2.96. The van der Waals surface area contributed by atoms with Crippen LogP contribution in [0.3, 0.4) is 0 Å². The topological polar surface area (TPSA) is 0 Å². The lowest BCUT2D eigenvalue weighted by Crippen LogP contribution is -2.04. The summed E-state index contributed by atoms with van der Waals surface area (Å²) in [4.78, 5) is 0. The quantitative estimate of drug-likeness (QED) is 0.508. The Morgan fingerprint density at radius 3 is 1.70 bits per heavy atom. The highest BCUT2D eigenvalue weighted by Crippen LogP contribution is 2.32. The maximum atomic E-state index is 3.90. The van der Waals surface area contributed by atoms with Crippen molar-refractivity contribution in [3.63, 3.8) is 0 Å². The van der Waals surface area contributed by atoms with Crippen LogP contribution in [0.5, 0.6) is 0 Å². The second-order valence-corrected chi connectivity index (χ2v) is 6.13. The average molecular weight is 298 g/mol. The molecule has 0 aliphatic carbocycles. The molecule has 0 saturated carbocycles. The molecule has 3 rings (SSSR count). The van der Waals surface area contributed by atoms with Crippen LogP contribution in [0.4, 0.5) is 0 Å². The van der Waals surface area contributed by atoms with Crippen LogP contribution in [0.15, 0.2) is 79.4 Å². The molecule has 0 nitrogen and oxygen atoms in total. The maximum Gasteiger partial charge on any atom is 0.0340 e. The first-order valence-electron chi connectivity index (χ1n) is 8.03. The lowest BCUT2D eigenvalue weighted by molar-refractivity contribution is 0.974. The summed E-state index contributed by atoms with van der Waals surface area (Å²) in [6.07, 6.45) is 1.91. The molecule has 0 bridgehead atoms. The molecule has 23 heavy (non-hydrogen) atoms. The molecule has 0 heteroatoms. The van der Waals surface area contributed by atoms with Gasteiger partial charge in [0.15, 0.2) is 0 Å². The van der Waals surface area contributed by atoms with Gasteiger partial charge in [-0.05, 0) is 36.1 Å². The number of hydrogen-bond donors (Lipinski definition) is 0. The van der Waals surface area contributed by atoms with Crippen LogP contribution < -0.4 is 0 Å². The molecule has 0 amide bonds. The Labute approximate surface area is 139 Å². The van der Waals surface area contributed by atoms with Crippen molar-refractivity contribution in [1.82, 2.24) is 0 Å². The van der Waals surface area contributed by atoms with Crippen molar-refractivity contribution in [3.8, 4) is 0 Å². The Hall–Kier alpha value is -2.60. The van der Waals surface area contributed by atoms with Crippen molar-refractivity contribution >= 4 is 6.08 Å². The molecule has 0 heterocycles. The molecule has 3 aromatic carbocycles. The third-order valence-electron chi connectivity index (χ3n) is 4.30. The summed E-state index contributed by atoms with van der Waals surface area (Å²) >= 11 is 0. The van der Waals surface area contributed by atoms with Gasteiger partial charge in [-0.25, -0.2) is 0 Å². The Morgan fingerprint density at radius 1 is 0.696 bits per heavy atom. The Morgan fingerprint density at radius 2 is 1.22 bits per heavy atom. The van der Waals surface area contributed by atoms with Crippen LogP contribution in [0.2, 0.25) is 0 Å². The fourth-order valence-electron chi connectivity index (χ4n) is 2.96. The van der Waals surface area contributed by atoms with Crippen molar-refractivity contribution < 1.29 is 0 Å². The van der Waals surface area contributed by atoms with E-state index in [9.17, 15) is 0 Å². The number of benzene rings is 3. The molecule has 0 spiro atoms. The minimum absolute atomic E-state index is 0.246. The summed E-state index contributed by atoms with van der Waals surface area (Å²) in [5.41, 5.74) is 7.68. The van der Waals surface area contributed by atoms with E-state index in [2.05, 4.69) is 93.2 Å². The smallest absolute Gasteiger partial charge is 0.0340 e. The molecule has 0 aliphatic heterocycles. The van der Waals surface area contributed by atoms with Gasteiger partial charge in [-0.2, -0.15) is 0 Å². The fraction of sp³-hybridized carbons (Fsp3) is 0.130. The van der Waals surface area contributed by atoms with Gasteiger partial charge < -0.3 is 0 Å². The lowest BCUT2D eigenvalue weighted by Gasteiger charge is -2.20. The van der Waals surface area contributed by atoms with Gasteiger partial charge in [-0.3, -0.25) is 0 Å². The van der Waals surface area contributed by atoms with Gasteiger partial charge in [0, 0.05) is 5.92 Å². The highest BCUT2D eigenvalue weighted by Gasteiger charge is 2.16. The molecule has 114 valence electrons. The predicted octanol–water partition coefficient (Wildman–Crippen LogP) is 6.13. The standard InChI is InChI=1S/C23H22/c1-4-19-6-5-7-22(16-19)23(20-12-8-17(2)9-13-20)21-14-10-18(3)11-15-21/h4-16,23H,1H2,2-3H3. The lowest BCUT2D eigenvalue weighted by atomic mass is 9.84. The van der Waals surface area contributed by atoms with Gasteiger partial charge in [0.25, 0.3) is 0 Å². The third kappa shape index (κ3) is 3.43. The Kier molecular flexibility index (Phi) is 4.43. The SMILES string of the molecule is C=Cc1cccc(C(c2ccc(C)cc2)c2ccc(C)cc2)c1. The molecule has 0 radical (unpaired) electrons. The van der Waals surface area contributed by atoms with Crippen LogP contribution in [0.25, 0.3) is 6.08 Å². The van der Waals surface area contributed by atoms with Crippen molar-refractivity contribution in [2.75, 3.05) is 0 Å². The van der Waals surface area contributed by atoms with Gasteiger partial charge in [0.1, 0.15) is 0 Å². The summed E-state index contributed by atoms with van der Waals surface area (Å²) in [6.45, 7) is 8.16. The Balaban J connectivity index is 2.14. The highest BCUT2D eigenvalue weighted by molar-refractivity contribution is 5.52. The highest BCUT2D eigenvalue weighted by atomic mass is 14.2. The zero-order valence-electron chi connectivity index (χ0n) is 13.8. The first-order valence-corrected chi connectivity index (χ1v) is 8.03. The summed E-state index contributed by atoms with van der Waals surface area (Å²) in [7, 11) is 0. The molecule has 0 aromatic heterocycles. The zero-order valence-corrected chi connectivity index (χ0v) is 13.8. The van der Waals surface area contributed by atoms with Crippen molar-refractivity contribution in [1.29, 1.82) is 0 Å². The van der Waals surface area contributed by atoms with E-state index in [1.54, 1.807) is 0 Å². The van der Waals surface area contributed by atoms with E-state index in [4.69, 9.17) is 0 Å². The summed E-state index contributed by atoms with van der Waals surface area (Å²) in [6, 6.07) is 26.3. The minimum atomic E-state index is 0.246. The van der Waals surface area contributed by atoms with E-state index in [0.717, 1.165) is 5.56 Å². The van der Waals surface area contributed by atoms with Gasteiger partial charge in [-0.15, -0.1) is 0 Å². The molecule has 0 fully saturated rings. The molecule has 0 atom stereocenters. The maximum absolute atomic E-state index is 3.90. The first-order chi connectivity index (χ1) is 11.2. The second-order valence-electron chi connectivity index (χ2n) is 6.13. The Bertz CT molecular complexity index is 747. The minimum Gasteiger partial charge on any atom is -0.0985 e. The first kappa shape index (κ1) is 15.3. The van der Waals surface area contributed by atoms with E-state index in [1.807, 2.05) is 6.08 Å². The third-order valence-corrected chi connectivity index (χ3v) is 4.30.